The Morgan fingerprint density at radius 1 is 0.960 bits per heavy atom. The number of rotatable bonds is 6. The highest BCUT2D eigenvalue weighted by molar-refractivity contribution is 6.30. The van der Waals surface area contributed by atoms with E-state index in [1.807, 2.05) is 0 Å². The third kappa shape index (κ3) is 5.50. The van der Waals surface area contributed by atoms with Gasteiger partial charge in [-0.1, -0.05) is 23.7 Å². The standard InChI is InChI=1S/C17H14ClNO6/c18-11-3-5-12(6-4-11)19-17(24)25-13-7-1-10(2-8-13)9-14(15(20)21)16(22)23/h1-8,14H,9H2,(H,19,24)(H,20,21)(H,22,23). The van der Waals surface area contributed by atoms with E-state index in [0.29, 0.717) is 16.3 Å². The minimum Gasteiger partial charge on any atom is -0.481 e. The first-order valence-corrected chi connectivity index (χ1v) is 7.52. The van der Waals surface area contributed by atoms with Gasteiger partial charge in [-0.25, -0.2) is 4.79 Å². The van der Waals surface area contributed by atoms with E-state index in [1.54, 1.807) is 24.3 Å². The number of aliphatic carboxylic acids is 2. The van der Waals surface area contributed by atoms with Crippen LogP contribution in [0.3, 0.4) is 0 Å². The molecular weight excluding hydrogens is 350 g/mol. The number of benzene rings is 2. The molecule has 3 N–H and O–H groups in total. The van der Waals surface area contributed by atoms with Gasteiger partial charge < -0.3 is 14.9 Å². The molecule has 7 nitrogen and oxygen atoms in total. The Hall–Kier alpha value is -3.06. The van der Waals surface area contributed by atoms with Crippen molar-refractivity contribution in [3.63, 3.8) is 0 Å². The van der Waals surface area contributed by atoms with Crippen molar-refractivity contribution in [2.24, 2.45) is 5.92 Å². The minimum atomic E-state index is -1.53. The van der Waals surface area contributed by atoms with Crippen LogP contribution in [0.5, 0.6) is 5.75 Å². The number of anilines is 1. The van der Waals surface area contributed by atoms with Crippen molar-refractivity contribution in [3.8, 4) is 5.75 Å². The SMILES string of the molecule is O=C(Nc1ccc(Cl)cc1)Oc1ccc(CC(C(=O)O)C(=O)O)cc1. The molecule has 0 aromatic heterocycles. The molecule has 2 rings (SSSR count). The lowest BCUT2D eigenvalue weighted by molar-refractivity contribution is -0.154. The van der Waals surface area contributed by atoms with Crippen LogP contribution in [0.25, 0.3) is 0 Å². The summed E-state index contributed by atoms with van der Waals surface area (Å²) in [6.07, 6.45) is -0.869. The van der Waals surface area contributed by atoms with E-state index in [1.165, 1.54) is 24.3 Å². The van der Waals surface area contributed by atoms with Crippen molar-refractivity contribution in [2.75, 3.05) is 5.32 Å². The molecule has 25 heavy (non-hydrogen) atoms. The van der Waals surface area contributed by atoms with Crippen LogP contribution in [0.2, 0.25) is 5.02 Å². The summed E-state index contributed by atoms with van der Waals surface area (Å²) in [4.78, 5) is 33.6. The number of amides is 1. The summed E-state index contributed by atoms with van der Waals surface area (Å²) in [6.45, 7) is 0. The lowest BCUT2D eigenvalue weighted by Gasteiger charge is -2.09. The highest BCUT2D eigenvalue weighted by Crippen LogP contribution is 2.17. The first-order chi connectivity index (χ1) is 11.8. The normalized spacial score (nSPS) is 10.3. The highest BCUT2D eigenvalue weighted by atomic mass is 35.5. The summed E-state index contributed by atoms with van der Waals surface area (Å²) in [7, 11) is 0. The van der Waals surface area contributed by atoms with E-state index in [-0.39, 0.29) is 12.2 Å². The van der Waals surface area contributed by atoms with Gasteiger partial charge in [-0.15, -0.1) is 0 Å². The summed E-state index contributed by atoms with van der Waals surface area (Å²) in [5, 5.41) is 20.8. The van der Waals surface area contributed by atoms with Gasteiger partial charge in [0, 0.05) is 10.7 Å². The zero-order valence-corrected chi connectivity index (χ0v) is 13.6. The van der Waals surface area contributed by atoms with Crippen LogP contribution in [0, 0.1) is 5.92 Å². The van der Waals surface area contributed by atoms with Crippen LogP contribution in [0.4, 0.5) is 10.5 Å². The fourth-order valence-electron chi connectivity index (χ4n) is 1.99. The van der Waals surface area contributed by atoms with Crippen molar-refractivity contribution in [1.29, 1.82) is 0 Å². The van der Waals surface area contributed by atoms with Crippen molar-refractivity contribution >= 4 is 35.3 Å². The Kier molecular flexibility index (Phi) is 5.97. The Morgan fingerprint density at radius 3 is 2.04 bits per heavy atom. The number of hydrogen-bond acceptors (Lipinski definition) is 4. The minimum absolute atomic E-state index is 0.165. The van der Waals surface area contributed by atoms with Gasteiger partial charge in [0.1, 0.15) is 5.75 Å². The summed E-state index contributed by atoms with van der Waals surface area (Å²) >= 11 is 5.75. The average molecular weight is 364 g/mol. The Labute approximate surface area is 147 Å². The zero-order valence-electron chi connectivity index (χ0n) is 12.8. The van der Waals surface area contributed by atoms with Gasteiger partial charge in [-0.2, -0.15) is 0 Å². The van der Waals surface area contributed by atoms with E-state index >= 15 is 0 Å². The Balaban J connectivity index is 1.95. The third-order valence-corrected chi connectivity index (χ3v) is 3.51. The fourth-order valence-corrected chi connectivity index (χ4v) is 2.12. The van der Waals surface area contributed by atoms with E-state index in [4.69, 9.17) is 26.6 Å². The molecule has 0 aliphatic carbocycles. The molecule has 0 saturated heterocycles. The summed E-state index contributed by atoms with van der Waals surface area (Å²) in [5.74, 6) is -4.11. The fraction of sp³-hybridized carbons (Fsp3) is 0.118. The number of ether oxygens (including phenoxy) is 1. The molecule has 0 unspecified atom stereocenters. The maximum absolute atomic E-state index is 11.8. The van der Waals surface area contributed by atoms with Crippen LogP contribution >= 0.6 is 11.6 Å². The number of nitrogens with one attached hydrogen (secondary N) is 1. The van der Waals surface area contributed by atoms with Crippen molar-refractivity contribution < 1.29 is 29.3 Å². The summed E-state index contributed by atoms with van der Waals surface area (Å²) in [5.41, 5.74) is 1.01. The van der Waals surface area contributed by atoms with Gasteiger partial charge in [0.25, 0.3) is 0 Å². The number of halogens is 1. The molecule has 130 valence electrons. The van der Waals surface area contributed by atoms with Crippen molar-refractivity contribution in [3.05, 3.63) is 59.1 Å². The van der Waals surface area contributed by atoms with Crippen LogP contribution in [-0.4, -0.2) is 28.2 Å². The van der Waals surface area contributed by atoms with E-state index in [0.717, 1.165) is 0 Å². The first-order valence-electron chi connectivity index (χ1n) is 7.14. The molecule has 1 amide bonds. The Bertz CT molecular complexity index is 759. The lowest BCUT2D eigenvalue weighted by atomic mass is 10.00. The van der Waals surface area contributed by atoms with E-state index < -0.39 is 23.9 Å². The molecular formula is C17H14ClNO6. The van der Waals surface area contributed by atoms with Crippen molar-refractivity contribution in [1.82, 2.24) is 0 Å². The second-order valence-corrected chi connectivity index (χ2v) is 5.53. The van der Waals surface area contributed by atoms with E-state index in [2.05, 4.69) is 5.32 Å². The largest absolute Gasteiger partial charge is 0.481 e. The molecule has 0 aliphatic rings. The number of carboxylic acids is 2. The van der Waals surface area contributed by atoms with E-state index in [9.17, 15) is 14.4 Å². The quantitative estimate of drug-likeness (QED) is 0.679. The molecule has 0 spiro atoms. The van der Waals surface area contributed by atoms with Crippen LogP contribution in [0.1, 0.15) is 5.56 Å². The smallest absolute Gasteiger partial charge is 0.417 e. The third-order valence-electron chi connectivity index (χ3n) is 3.26. The first kappa shape index (κ1) is 18.3. The average Bonchev–Trinajstić information content (AvgIpc) is 2.55. The number of carbonyl (C=O) groups excluding carboxylic acids is 1. The molecule has 2 aromatic carbocycles. The van der Waals surface area contributed by atoms with Gasteiger partial charge in [0.05, 0.1) is 0 Å². The topological polar surface area (TPSA) is 113 Å². The predicted octanol–water partition coefficient (Wildman–Crippen LogP) is 3.28. The lowest BCUT2D eigenvalue weighted by Crippen LogP contribution is -2.25. The Morgan fingerprint density at radius 2 is 1.52 bits per heavy atom. The predicted molar refractivity (Wildman–Crippen MR) is 90.0 cm³/mol. The molecule has 0 fully saturated rings. The molecule has 0 atom stereocenters. The van der Waals surface area contributed by atoms with Gasteiger partial charge in [-0.05, 0) is 48.4 Å². The second-order valence-electron chi connectivity index (χ2n) is 5.10. The molecule has 0 heterocycles. The van der Waals surface area contributed by atoms with Gasteiger partial charge in [-0.3, -0.25) is 14.9 Å². The monoisotopic (exact) mass is 363 g/mol. The van der Waals surface area contributed by atoms with Gasteiger partial charge in [0.15, 0.2) is 5.92 Å². The number of carboxylic acid groups (broad SMARTS) is 2. The molecule has 0 aliphatic heterocycles. The second kappa shape index (κ2) is 8.16. The summed E-state index contributed by atoms with van der Waals surface area (Å²) in [6, 6.07) is 12.4. The molecule has 0 saturated carbocycles. The van der Waals surface area contributed by atoms with Gasteiger partial charge in [0.2, 0.25) is 0 Å². The maximum atomic E-state index is 11.8. The molecule has 0 bridgehead atoms. The van der Waals surface area contributed by atoms with Crippen LogP contribution in [0.15, 0.2) is 48.5 Å². The zero-order chi connectivity index (χ0) is 18.4. The van der Waals surface area contributed by atoms with Crippen molar-refractivity contribution in [2.45, 2.75) is 6.42 Å². The summed E-state index contributed by atoms with van der Waals surface area (Å²) < 4.78 is 5.09. The van der Waals surface area contributed by atoms with Crippen LogP contribution < -0.4 is 10.1 Å². The number of hydrogen-bond donors (Lipinski definition) is 3. The number of carbonyl (C=O) groups is 3. The molecule has 2 aromatic rings. The van der Waals surface area contributed by atoms with Crippen LogP contribution in [-0.2, 0) is 16.0 Å². The molecule has 0 radical (unpaired) electrons. The maximum Gasteiger partial charge on any atom is 0.417 e. The highest BCUT2D eigenvalue weighted by Gasteiger charge is 2.25. The molecule has 8 heteroatoms. The van der Waals surface area contributed by atoms with Gasteiger partial charge >= 0.3 is 18.0 Å².